The van der Waals surface area contributed by atoms with Crippen LogP contribution in [0.3, 0.4) is 0 Å². The van der Waals surface area contributed by atoms with Gasteiger partial charge >= 0.3 is 0 Å². The third-order valence-corrected chi connectivity index (χ3v) is 2.84. The Hall–Kier alpha value is -1.39. The molecular weight excluding hydrogens is 262 g/mol. The minimum atomic E-state index is -0.236. The molecule has 4 nitrogen and oxygen atoms in total. The number of hydrogen-bond acceptors (Lipinski definition) is 4. The van der Waals surface area contributed by atoms with Gasteiger partial charge in [0.1, 0.15) is 0 Å². The molecule has 104 valence electrons. The summed E-state index contributed by atoms with van der Waals surface area (Å²) in [5, 5.41) is 3.93. The molecule has 5 heteroatoms. The first kappa shape index (κ1) is 15.7. The Bertz CT molecular complexity index is 526. The van der Waals surface area contributed by atoms with Gasteiger partial charge < -0.3 is 10.3 Å². The summed E-state index contributed by atoms with van der Waals surface area (Å²) >= 11 is 0. The molecule has 0 aliphatic carbocycles. The van der Waals surface area contributed by atoms with Gasteiger partial charge in [0.05, 0.1) is 6.04 Å². The molecule has 1 aromatic heterocycles. The molecule has 0 aliphatic heterocycles. The Morgan fingerprint density at radius 3 is 2.16 bits per heavy atom. The van der Waals surface area contributed by atoms with Crippen LogP contribution in [0, 0.1) is 0 Å². The predicted octanol–water partition coefficient (Wildman–Crippen LogP) is 3.48. The molecule has 2 rings (SSSR count). The van der Waals surface area contributed by atoms with Crippen molar-refractivity contribution in [2.24, 2.45) is 5.73 Å². The zero-order chi connectivity index (χ0) is 13.3. The second-order valence-corrected chi connectivity index (χ2v) is 5.57. The lowest BCUT2D eigenvalue weighted by Gasteiger charge is -2.18. The average Bonchev–Trinajstić information content (AvgIpc) is 2.77. The van der Waals surface area contributed by atoms with Gasteiger partial charge in [0, 0.05) is 5.56 Å². The predicted molar refractivity (Wildman–Crippen MR) is 78.3 cm³/mol. The topological polar surface area (TPSA) is 64.9 Å². The number of benzene rings is 1. The molecule has 19 heavy (non-hydrogen) atoms. The van der Waals surface area contributed by atoms with E-state index in [1.54, 1.807) is 0 Å². The van der Waals surface area contributed by atoms with Crippen molar-refractivity contribution >= 4 is 12.4 Å². The summed E-state index contributed by atoms with van der Waals surface area (Å²) in [7, 11) is 0. The van der Waals surface area contributed by atoms with E-state index in [0.717, 1.165) is 5.56 Å². The molecule has 0 saturated carbocycles. The van der Waals surface area contributed by atoms with Crippen LogP contribution in [0.5, 0.6) is 0 Å². The molecule has 0 radical (unpaired) electrons. The zero-order valence-electron chi connectivity index (χ0n) is 11.7. The Morgan fingerprint density at radius 2 is 1.74 bits per heavy atom. The molecule has 2 N–H and O–H groups in total. The first-order valence-corrected chi connectivity index (χ1v) is 6.08. The minimum absolute atomic E-state index is 0. The highest BCUT2D eigenvalue weighted by Gasteiger charge is 2.15. The smallest absolute Gasteiger partial charge is 0.243 e. The van der Waals surface area contributed by atoms with Gasteiger partial charge in [0.15, 0.2) is 0 Å². The van der Waals surface area contributed by atoms with E-state index in [-0.39, 0.29) is 23.9 Å². The number of hydrogen-bond donors (Lipinski definition) is 1. The average molecular weight is 282 g/mol. The summed E-state index contributed by atoms with van der Waals surface area (Å²) in [6.45, 7) is 8.37. The van der Waals surface area contributed by atoms with E-state index in [2.05, 4.69) is 43.0 Å². The second-order valence-electron chi connectivity index (χ2n) is 5.57. The molecule has 0 spiro atoms. The van der Waals surface area contributed by atoms with Crippen LogP contribution in [-0.2, 0) is 5.41 Å². The summed E-state index contributed by atoms with van der Waals surface area (Å²) in [6, 6.07) is 7.97. The molecular formula is C14H20ClN3O. The van der Waals surface area contributed by atoms with E-state index < -0.39 is 0 Å². The van der Waals surface area contributed by atoms with Gasteiger partial charge in [-0.15, -0.1) is 12.4 Å². The molecule has 0 saturated heterocycles. The van der Waals surface area contributed by atoms with Crippen LogP contribution < -0.4 is 5.73 Å². The van der Waals surface area contributed by atoms with Crippen LogP contribution in [0.1, 0.15) is 45.2 Å². The monoisotopic (exact) mass is 281 g/mol. The first-order valence-electron chi connectivity index (χ1n) is 6.08. The van der Waals surface area contributed by atoms with Crippen molar-refractivity contribution in [3.63, 3.8) is 0 Å². The Labute approximate surface area is 119 Å². The lowest BCUT2D eigenvalue weighted by Crippen LogP contribution is -2.10. The molecule has 1 atom stereocenters. The van der Waals surface area contributed by atoms with Crippen molar-refractivity contribution in [1.82, 2.24) is 10.1 Å². The molecule has 1 aromatic carbocycles. The van der Waals surface area contributed by atoms with E-state index in [1.807, 2.05) is 19.1 Å². The SMILES string of the molecule is CC(N)c1nc(-c2ccc(C(C)(C)C)cc2)no1.Cl. The van der Waals surface area contributed by atoms with Gasteiger partial charge in [-0.3, -0.25) is 0 Å². The summed E-state index contributed by atoms with van der Waals surface area (Å²) in [5.41, 5.74) is 8.06. The largest absolute Gasteiger partial charge is 0.337 e. The van der Waals surface area contributed by atoms with E-state index >= 15 is 0 Å². The molecule has 0 bridgehead atoms. The quantitative estimate of drug-likeness (QED) is 0.915. The van der Waals surface area contributed by atoms with Gasteiger partial charge in [-0.05, 0) is 17.9 Å². The number of nitrogens with zero attached hydrogens (tertiary/aromatic N) is 2. The van der Waals surface area contributed by atoms with Crippen LogP contribution in [0.25, 0.3) is 11.4 Å². The van der Waals surface area contributed by atoms with Gasteiger partial charge in [-0.25, -0.2) is 0 Å². The maximum atomic E-state index is 5.69. The highest BCUT2D eigenvalue weighted by molar-refractivity contribution is 5.85. The van der Waals surface area contributed by atoms with Crippen molar-refractivity contribution in [2.45, 2.75) is 39.2 Å². The Kier molecular flexibility index (Phi) is 4.71. The number of rotatable bonds is 2. The zero-order valence-corrected chi connectivity index (χ0v) is 12.5. The molecule has 1 unspecified atom stereocenters. The van der Waals surface area contributed by atoms with Crippen LogP contribution in [-0.4, -0.2) is 10.1 Å². The van der Waals surface area contributed by atoms with E-state index in [0.29, 0.717) is 11.7 Å². The highest BCUT2D eigenvalue weighted by atomic mass is 35.5. The summed E-state index contributed by atoms with van der Waals surface area (Å²) in [6.07, 6.45) is 0. The second kappa shape index (κ2) is 5.72. The van der Waals surface area contributed by atoms with E-state index in [4.69, 9.17) is 10.3 Å². The number of aromatic nitrogens is 2. The van der Waals surface area contributed by atoms with Crippen LogP contribution >= 0.6 is 12.4 Å². The maximum absolute atomic E-state index is 5.69. The van der Waals surface area contributed by atoms with Crippen molar-refractivity contribution in [3.8, 4) is 11.4 Å². The van der Waals surface area contributed by atoms with E-state index in [1.165, 1.54) is 5.56 Å². The fourth-order valence-electron chi connectivity index (χ4n) is 1.66. The van der Waals surface area contributed by atoms with Gasteiger partial charge in [-0.2, -0.15) is 4.98 Å². The van der Waals surface area contributed by atoms with Crippen LogP contribution in [0.2, 0.25) is 0 Å². The van der Waals surface area contributed by atoms with Crippen molar-refractivity contribution in [1.29, 1.82) is 0 Å². The third kappa shape index (κ3) is 3.55. The normalized spacial score (nSPS) is 12.9. The van der Waals surface area contributed by atoms with E-state index in [9.17, 15) is 0 Å². The summed E-state index contributed by atoms with van der Waals surface area (Å²) in [5.74, 6) is 1.05. The van der Waals surface area contributed by atoms with Gasteiger partial charge in [0.25, 0.3) is 0 Å². The molecule has 0 fully saturated rings. The number of nitrogens with two attached hydrogens (primary N) is 1. The lowest BCUT2D eigenvalue weighted by atomic mass is 9.87. The van der Waals surface area contributed by atoms with Crippen LogP contribution in [0.4, 0.5) is 0 Å². The third-order valence-electron chi connectivity index (χ3n) is 2.84. The standard InChI is InChI=1S/C14H19N3O.ClH/c1-9(15)13-16-12(17-18-13)10-5-7-11(8-6-10)14(2,3)4;/h5-9H,15H2,1-4H3;1H. The molecule has 2 aromatic rings. The lowest BCUT2D eigenvalue weighted by molar-refractivity contribution is 0.362. The fourth-order valence-corrected chi connectivity index (χ4v) is 1.66. The number of halogens is 1. The minimum Gasteiger partial charge on any atom is -0.337 e. The highest BCUT2D eigenvalue weighted by Crippen LogP contribution is 2.25. The Morgan fingerprint density at radius 1 is 1.16 bits per heavy atom. The van der Waals surface area contributed by atoms with Gasteiger partial charge in [0.2, 0.25) is 11.7 Å². The van der Waals surface area contributed by atoms with Crippen molar-refractivity contribution in [2.75, 3.05) is 0 Å². The Balaban J connectivity index is 0.00000180. The van der Waals surface area contributed by atoms with Gasteiger partial charge in [-0.1, -0.05) is 50.2 Å². The summed E-state index contributed by atoms with van der Waals surface area (Å²) < 4.78 is 5.09. The molecule has 0 aliphatic rings. The maximum Gasteiger partial charge on any atom is 0.243 e. The van der Waals surface area contributed by atoms with Crippen molar-refractivity contribution in [3.05, 3.63) is 35.7 Å². The summed E-state index contributed by atoms with van der Waals surface area (Å²) in [4.78, 5) is 4.27. The fraction of sp³-hybridized carbons (Fsp3) is 0.429. The van der Waals surface area contributed by atoms with Crippen molar-refractivity contribution < 1.29 is 4.52 Å². The molecule has 0 amide bonds. The molecule has 1 heterocycles. The van der Waals surface area contributed by atoms with Crippen LogP contribution in [0.15, 0.2) is 28.8 Å². The first-order chi connectivity index (χ1) is 8.38.